The highest BCUT2D eigenvalue weighted by molar-refractivity contribution is 7.09. The van der Waals surface area contributed by atoms with Crippen LogP contribution in [-0.2, 0) is 11.2 Å². The lowest BCUT2D eigenvalue weighted by molar-refractivity contribution is -0.135. The van der Waals surface area contributed by atoms with E-state index in [0.29, 0.717) is 6.54 Å². The molecule has 0 bridgehead atoms. The zero-order valence-electron chi connectivity index (χ0n) is 12.4. The van der Waals surface area contributed by atoms with Crippen molar-refractivity contribution in [3.63, 3.8) is 0 Å². The second kappa shape index (κ2) is 6.05. The van der Waals surface area contributed by atoms with Crippen LogP contribution in [0.1, 0.15) is 33.0 Å². The van der Waals surface area contributed by atoms with Gasteiger partial charge >= 0.3 is 0 Å². The third-order valence-electron chi connectivity index (χ3n) is 3.38. The highest BCUT2D eigenvalue weighted by atomic mass is 32.1. The Balaban J connectivity index is 2.00. The van der Waals surface area contributed by atoms with E-state index < -0.39 is 5.54 Å². The van der Waals surface area contributed by atoms with Gasteiger partial charge in [0.2, 0.25) is 11.0 Å². The number of hydrogen-bond donors (Lipinski definition) is 1. The number of carbonyl (C=O) groups is 1. The lowest BCUT2D eigenvalue weighted by atomic mass is 10.1. The Kier molecular flexibility index (Phi) is 4.59. The summed E-state index contributed by atoms with van der Waals surface area (Å²) >= 11 is 1.44. The molecule has 1 amide bonds. The summed E-state index contributed by atoms with van der Waals surface area (Å²) in [5.74, 6) is 0.913. The van der Waals surface area contributed by atoms with E-state index in [4.69, 9.17) is 5.73 Å². The van der Waals surface area contributed by atoms with Crippen LogP contribution in [0.5, 0.6) is 0 Å². The van der Waals surface area contributed by atoms with E-state index in [9.17, 15) is 4.79 Å². The summed E-state index contributed by atoms with van der Waals surface area (Å²) in [6, 6.07) is 0. The number of anilines is 1. The quantitative estimate of drug-likeness (QED) is 0.896. The van der Waals surface area contributed by atoms with E-state index in [1.165, 1.54) is 11.5 Å². The maximum absolute atomic E-state index is 12.2. The summed E-state index contributed by atoms with van der Waals surface area (Å²) in [4.78, 5) is 20.8. The van der Waals surface area contributed by atoms with Crippen LogP contribution in [0.25, 0.3) is 0 Å². The fraction of sp³-hybridized carbons (Fsp3) is 0.769. The molecule has 1 aromatic rings. The number of rotatable bonds is 3. The molecule has 2 N–H and O–H groups in total. The number of aryl methyl sites for hydroxylation is 1. The van der Waals surface area contributed by atoms with Gasteiger partial charge in [0.1, 0.15) is 5.82 Å². The Labute approximate surface area is 124 Å². The second-order valence-electron chi connectivity index (χ2n) is 5.70. The van der Waals surface area contributed by atoms with Gasteiger partial charge in [0.15, 0.2) is 0 Å². The first-order valence-electron chi connectivity index (χ1n) is 7.07. The number of nitrogens with zero attached hydrogens (tertiary/aromatic N) is 4. The topological polar surface area (TPSA) is 75.4 Å². The molecule has 2 heterocycles. The van der Waals surface area contributed by atoms with E-state index in [0.717, 1.165) is 43.4 Å². The van der Waals surface area contributed by atoms with E-state index in [1.807, 2.05) is 4.90 Å². The van der Waals surface area contributed by atoms with Crippen LogP contribution >= 0.6 is 11.5 Å². The smallest absolute Gasteiger partial charge is 0.242 e. The minimum atomic E-state index is -0.798. The van der Waals surface area contributed by atoms with Gasteiger partial charge in [-0.05, 0) is 20.3 Å². The van der Waals surface area contributed by atoms with E-state index >= 15 is 0 Å². The molecule has 1 aliphatic heterocycles. The van der Waals surface area contributed by atoms with Gasteiger partial charge in [0, 0.05) is 44.1 Å². The SMILES string of the molecule is CCc1nsc(N2CCCN(C(=O)C(C)(C)N)CC2)n1. The van der Waals surface area contributed by atoms with E-state index in [-0.39, 0.29) is 5.91 Å². The first-order chi connectivity index (χ1) is 9.41. The zero-order chi connectivity index (χ0) is 14.8. The Morgan fingerprint density at radius 2 is 2.10 bits per heavy atom. The molecule has 0 atom stereocenters. The average molecular weight is 297 g/mol. The third kappa shape index (κ3) is 3.46. The largest absolute Gasteiger partial charge is 0.345 e. The molecule has 20 heavy (non-hydrogen) atoms. The van der Waals surface area contributed by atoms with Crippen molar-refractivity contribution in [1.82, 2.24) is 14.3 Å². The van der Waals surface area contributed by atoms with Gasteiger partial charge in [-0.2, -0.15) is 4.37 Å². The molecule has 6 nitrogen and oxygen atoms in total. The second-order valence-corrected chi connectivity index (χ2v) is 6.43. The van der Waals surface area contributed by atoms with Crippen molar-refractivity contribution < 1.29 is 4.79 Å². The van der Waals surface area contributed by atoms with Crippen molar-refractivity contribution in [3.8, 4) is 0 Å². The predicted octanol–water partition coefficient (Wildman–Crippen LogP) is 0.877. The van der Waals surface area contributed by atoms with E-state index in [1.54, 1.807) is 13.8 Å². The van der Waals surface area contributed by atoms with Crippen LogP contribution in [0.4, 0.5) is 5.13 Å². The van der Waals surface area contributed by atoms with Crippen LogP contribution in [0, 0.1) is 0 Å². The Morgan fingerprint density at radius 3 is 2.70 bits per heavy atom. The van der Waals surface area contributed by atoms with Gasteiger partial charge in [0.25, 0.3) is 0 Å². The molecule has 2 rings (SSSR count). The Bertz CT molecular complexity index is 468. The van der Waals surface area contributed by atoms with E-state index in [2.05, 4.69) is 21.2 Å². The van der Waals surface area contributed by atoms with Crippen LogP contribution < -0.4 is 10.6 Å². The molecule has 1 aliphatic rings. The molecule has 0 spiro atoms. The van der Waals surface area contributed by atoms with Gasteiger partial charge in [-0.1, -0.05) is 6.92 Å². The lowest BCUT2D eigenvalue weighted by Gasteiger charge is -2.28. The molecule has 0 aromatic carbocycles. The van der Waals surface area contributed by atoms with Crippen LogP contribution in [0.3, 0.4) is 0 Å². The van der Waals surface area contributed by atoms with Gasteiger partial charge in [-0.15, -0.1) is 0 Å². The molecule has 1 fully saturated rings. The molecule has 1 aromatic heterocycles. The monoisotopic (exact) mass is 297 g/mol. The van der Waals surface area contributed by atoms with Crippen molar-refractivity contribution in [1.29, 1.82) is 0 Å². The molecule has 0 aliphatic carbocycles. The molecule has 0 unspecified atom stereocenters. The maximum atomic E-state index is 12.2. The zero-order valence-corrected chi connectivity index (χ0v) is 13.2. The van der Waals surface area contributed by atoms with Crippen molar-refractivity contribution in [2.75, 3.05) is 31.1 Å². The summed E-state index contributed by atoms with van der Waals surface area (Å²) in [5, 5.41) is 0.961. The van der Waals surface area contributed by atoms with Gasteiger partial charge in [0.05, 0.1) is 5.54 Å². The number of carbonyl (C=O) groups excluding carboxylic acids is 1. The lowest BCUT2D eigenvalue weighted by Crippen LogP contribution is -2.52. The molecule has 0 radical (unpaired) electrons. The van der Waals surface area contributed by atoms with Crippen LogP contribution in [-0.4, -0.2) is 51.9 Å². The standard InChI is InChI=1S/C13H23N5OS/c1-4-10-15-12(20-16-10)18-7-5-6-17(8-9-18)11(19)13(2,3)14/h4-9,14H2,1-3H3. The highest BCUT2D eigenvalue weighted by Gasteiger charge is 2.29. The van der Waals surface area contributed by atoms with Crippen molar-refractivity contribution in [3.05, 3.63) is 5.82 Å². The Morgan fingerprint density at radius 1 is 1.35 bits per heavy atom. The van der Waals surface area contributed by atoms with Gasteiger partial charge in [-0.25, -0.2) is 4.98 Å². The maximum Gasteiger partial charge on any atom is 0.242 e. The average Bonchev–Trinajstić information content (AvgIpc) is 2.74. The van der Waals surface area contributed by atoms with Crippen molar-refractivity contribution >= 4 is 22.6 Å². The molecule has 7 heteroatoms. The minimum Gasteiger partial charge on any atom is -0.345 e. The van der Waals surface area contributed by atoms with Gasteiger partial charge in [-0.3, -0.25) is 4.79 Å². The summed E-state index contributed by atoms with van der Waals surface area (Å²) in [6.07, 6.45) is 1.79. The van der Waals surface area contributed by atoms with Crippen molar-refractivity contribution in [2.24, 2.45) is 5.73 Å². The molecule has 1 saturated heterocycles. The first-order valence-corrected chi connectivity index (χ1v) is 7.85. The molecule has 0 saturated carbocycles. The summed E-state index contributed by atoms with van der Waals surface area (Å²) in [7, 11) is 0. The number of amides is 1. The Hall–Kier alpha value is -1.21. The molecule has 112 valence electrons. The fourth-order valence-corrected chi connectivity index (χ4v) is 3.04. The summed E-state index contributed by atoms with van der Waals surface area (Å²) < 4.78 is 4.32. The third-order valence-corrected chi connectivity index (χ3v) is 4.19. The highest BCUT2D eigenvalue weighted by Crippen LogP contribution is 2.20. The number of aromatic nitrogens is 2. The van der Waals surface area contributed by atoms with Crippen LogP contribution in [0.15, 0.2) is 0 Å². The summed E-state index contributed by atoms with van der Waals surface area (Å²) in [6.45, 7) is 8.73. The van der Waals surface area contributed by atoms with Crippen LogP contribution in [0.2, 0.25) is 0 Å². The summed E-state index contributed by atoms with van der Waals surface area (Å²) in [5.41, 5.74) is 5.10. The predicted molar refractivity (Wildman–Crippen MR) is 81.0 cm³/mol. The number of nitrogens with two attached hydrogens (primary N) is 1. The van der Waals surface area contributed by atoms with Gasteiger partial charge < -0.3 is 15.5 Å². The fourth-order valence-electron chi connectivity index (χ4n) is 2.24. The molecular weight excluding hydrogens is 274 g/mol. The first kappa shape index (κ1) is 15.2. The molecular formula is C13H23N5OS. The number of hydrogen-bond acceptors (Lipinski definition) is 6. The van der Waals surface area contributed by atoms with Crippen molar-refractivity contribution in [2.45, 2.75) is 39.2 Å². The normalized spacial score (nSPS) is 17.2. The minimum absolute atomic E-state index is 0.0193.